The molecule has 72 valence electrons. The van der Waals surface area contributed by atoms with Crippen LogP contribution in [0.15, 0.2) is 36.0 Å². The highest BCUT2D eigenvalue weighted by Crippen LogP contribution is 2.20. The summed E-state index contributed by atoms with van der Waals surface area (Å²) < 4.78 is 0. The Morgan fingerprint density at radius 2 is 2.43 bits per heavy atom. The molecule has 3 nitrogen and oxygen atoms in total. The van der Waals surface area contributed by atoms with Gasteiger partial charge in [0.2, 0.25) is 0 Å². The molecule has 0 amide bonds. The van der Waals surface area contributed by atoms with E-state index in [0.717, 1.165) is 27.6 Å². The number of anilines is 1. The number of aromatic nitrogens is 2. The summed E-state index contributed by atoms with van der Waals surface area (Å²) in [7, 11) is 0. The highest BCUT2D eigenvalue weighted by molar-refractivity contribution is 7.99. The molecule has 0 radical (unpaired) electrons. The molecule has 2 aromatic rings. The van der Waals surface area contributed by atoms with Gasteiger partial charge in [-0.05, 0) is 18.2 Å². The first-order chi connectivity index (χ1) is 6.79. The first kappa shape index (κ1) is 9.15. The molecule has 0 atom stereocenters. The third kappa shape index (κ3) is 1.75. The van der Waals surface area contributed by atoms with Crippen molar-refractivity contribution in [3.05, 3.63) is 30.9 Å². The second-order valence-corrected chi connectivity index (χ2v) is 3.93. The highest BCUT2D eigenvalue weighted by atomic mass is 32.2. The molecule has 0 unspecified atom stereocenters. The van der Waals surface area contributed by atoms with Crippen LogP contribution in [0, 0.1) is 0 Å². The van der Waals surface area contributed by atoms with Gasteiger partial charge in [-0.25, -0.2) is 4.98 Å². The molecular formula is C10H11N3S. The molecule has 3 N–H and O–H groups in total. The van der Waals surface area contributed by atoms with E-state index in [0.29, 0.717) is 0 Å². The molecule has 0 spiro atoms. The Morgan fingerprint density at radius 1 is 1.57 bits per heavy atom. The molecule has 0 bridgehead atoms. The Balaban J connectivity index is 2.36. The van der Waals surface area contributed by atoms with Gasteiger partial charge >= 0.3 is 0 Å². The predicted molar refractivity (Wildman–Crippen MR) is 61.4 cm³/mol. The Labute approximate surface area is 86.4 Å². The summed E-state index contributed by atoms with van der Waals surface area (Å²) in [6.45, 7) is 3.66. The maximum absolute atomic E-state index is 5.66. The van der Waals surface area contributed by atoms with Crippen molar-refractivity contribution >= 4 is 28.5 Å². The van der Waals surface area contributed by atoms with Crippen molar-refractivity contribution in [1.29, 1.82) is 0 Å². The molecule has 1 heterocycles. The van der Waals surface area contributed by atoms with Crippen LogP contribution in [0.4, 0.5) is 5.69 Å². The van der Waals surface area contributed by atoms with Crippen LogP contribution in [0.3, 0.4) is 0 Å². The SMILES string of the molecule is C=CCSc1nc2ccc(N)cc2[nH]1. The van der Waals surface area contributed by atoms with E-state index < -0.39 is 0 Å². The van der Waals surface area contributed by atoms with Gasteiger partial charge in [0, 0.05) is 11.4 Å². The van der Waals surface area contributed by atoms with E-state index in [-0.39, 0.29) is 0 Å². The number of hydrogen-bond acceptors (Lipinski definition) is 3. The number of hydrogen-bond donors (Lipinski definition) is 2. The van der Waals surface area contributed by atoms with E-state index in [1.54, 1.807) is 11.8 Å². The van der Waals surface area contributed by atoms with Gasteiger partial charge in [-0.3, -0.25) is 0 Å². The van der Waals surface area contributed by atoms with Crippen LogP contribution in [0.25, 0.3) is 11.0 Å². The second-order valence-electron chi connectivity index (χ2n) is 2.92. The zero-order chi connectivity index (χ0) is 9.97. The Hall–Kier alpha value is -1.42. The summed E-state index contributed by atoms with van der Waals surface area (Å²) in [5, 5.41) is 0.908. The number of aromatic amines is 1. The summed E-state index contributed by atoms with van der Waals surface area (Å²) in [4.78, 5) is 7.59. The summed E-state index contributed by atoms with van der Waals surface area (Å²) >= 11 is 1.63. The zero-order valence-electron chi connectivity index (χ0n) is 7.66. The van der Waals surface area contributed by atoms with Gasteiger partial charge in [0.25, 0.3) is 0 Å². The minimum atomic E-state index is 0.751. The number of imidazole rings is 1. The fourth-order valence-corrected chi connectivity index (χ4v) is 1.83. The third-order valence-electron chi connectivity index (χ3n) is 1.82. The lowest BCUT2D eigenvalue weighted by atomic mass is 10.3. The predicted octanol–water partition coefficient (Wildman–Crippen LogP) is 2.42. The summed E-state index contributed by atoms with van der Waals surface area (Å²) in [5.41, 5.74) is 8.35. The molecule has 2 rings (SSSR count). The second kappa shape index (κ2) is 3.75. The Morgan fingerprint density at radius 3 is 3.21 bits per heavy atom. The molecule has 0 aliphatic rings. The normalized spacial score (nSPS) is 10.6. The zero-order valence-corrected chi connectivity index (χ0v) is 8.47. The number of nitrogens with one attached hydrogen (secondary N) is 1. The number of H-pyrrole nitrogens is 1. The topological polar surface area (TPSA) is 54.7 Å². The summed E-state index contributed by atoms with van der Waals surface area (Å²) in [6, 6.07) is 5.66. The molecule has 0 saturated carbocycles. The van der Waals surface area contributed by atoms with Gasteiger partial charge in [-0.2, -0.15) is 0 Å². The monoisotopic (exact) mass is 205 g/mol. The van der Waals surface area contributed by atoms with Crippen LogP contribution in [-0.2, 0) is 0 Å². The molecular weight excluding hydrogens is 194 g/mol. The van der Waals surface area contributed by atoms with E-state index in [9.17, 15) is 0 Å². The van der Waals surface area contributed by atoms with Crippen LogP contribution in [0.1, 0.15) is 0 Å². The lowest BCUT2D eigenvalue weighted by Crippen LogP contribution is -1.82. The first-order valence-corrected chi connectivity index (χ1v) is 5.27. The number of thioether (sulfide) groups is 1. The van der Waals surface area contributed by atoms with Crippen molar-refractivity contribution < 1.29 is 0 Å². The van der Waals surface area contributed by atoms with Crippen LogP contribution in [0.2, 0.25) is 0 Å². The molecule has 0 aliphatic heterocycles. The van der Waals surface area contributed by atoms with Gasteiger partial charge in [0.1, 0.15) is 0 Å². The smallest absolute Gasteiger partial charge is 0.166 e. The average molecular weight is 205 g/mol. The van der Waals surface area contributed by atoms with Crippen molar-refractivity contribution in [2.24, 2.45) is 0 Å². The fourth-order valence-electron chi connectivity index (χ4n) is 1.21. The molecule has 0 fully saturated rings. The molecule has 0 saturated heterocycles. The van der Waals surface area contributed by atoms with Crippen molar-refractivity contribution in [2.75, 3.05) is 11.5 Å². The summed E-state index contributed by atoms with van der Waals surface area (Å²) in [6.07, 6.45) is 1.85. The molecule has 0 aliphatic carbocycles. The quantitative estimate of drug-likeness (QED) is 0.459. The molecule has 14 heavy (non-hydrogen) atoms. The average Bonchev–Trinajstić information content (AvgIpc) is 2.56. The van der Waals surface area contributed by atoms with Gasteiger partial charge < -0.3 is 10.7 Å². The maximum Gasteiger partial charge on any atom is 0.166 e. The lowest BCUT2D eigenvalue weighted by molar-refractivity contribution is 1.08. The van der Waals surface area contributed by atoms with Crippen LogP contribution >= 0.6 is 11.8 Å². The molecule has 4 heteroatoms. The highest BCUT2D eigenvalue weighted by Gasteiger charge is 2.01. The number of rotatable bonds is 3. The summed E-state index contributed by atoms with van der Waals surface area (Å²) in [5.74, 6) is 0.856. The van der Waals surface area contributed by atoms with E-state index >= 15 is 0 Å². The minimum Gasteiger partial charge on any atom is -0.399 e. The fraction of sp³-hybridized carbons (Fsp3) is 0.100. The molecule has 1 aromatic heterocycles. The third-order valence-corrected chi connectivity index (χ3v) is 2.69. The number of nitrogens with zero attached hydrogens (tertiary/aromatic N) is 1. The Kier molecular flexibility index (Phi) is 2.45. The molecule has 1 aromatic carbocycles. The van der Waals surface area contributed by atoms with Crippen molar-refractivity contribution in [1.82, 2.24) is 9.97 Å². The van der Waals surface area contributed by atoms with E-state index in [4.69, 9.17) is 5.73 Å². The van der Waals surface area contributed by atoms with Crippen molar-refractivity contribution in [3.63, 3.8) is 0 Å². The van der Waals surface area contributed by atoms with Gasteiger partial charge in [0.05, 0.1) is 11.0 Å². The maximum atomic E-state index is 5.66. The van der Waals surface area contributed by atoms with E-state index in [1.165, 1.54) is 0 Å². The Bertz CT molecular complexity index is 461. The van der Waals surface area contributed by atoms with E-state index in [1.807, 2.05) is 24.3 Å². The number of nitrogen functional groups attached to an aromatic ring is 1. The standard InChI is InChI=1S/C10H11N3S/c1-2-5-14-10-12-8-4-3-7(11)6-9(8)13-10/h2-4,6H,1,5,11H2,(H,12,13). The van der Waals surface area contributed by atoms with Gasteiger partial charge in [0.15, 0.2) is 5.16 Å². The van der Waals surface area contributed by atoms with Crippen LogP contribution in [0.5, 0.6) is 0 Å². The van der Waals surface area contributed by atoms with Gasteiger partial charge in [-0.1, -0.05) is 17.8 Å². The largest absolute Gasteiger partial charge is 0.399 e. The number of benzene rings is 1. The van der Waals surface area contributed by atoms with Crippen molar-refractivity contribution in [2.45, 2.75) is 5.16 Å². The van der Waals surface area contributed by atoms with Crippen LogP contribution < -0.4 is 5.73 Å². The van der Waals surface area contributed by atoms with E-state index in [2.05, 4.69) is 16.5 Å². The number of nitrogens with two attached hydrogens (primary N) is 1. The first-order valence-electron chi connectivity index (χ1n) is 4.28. The van der Waals surface area contributed by atoms with Crippen molar-refractivity contribution in [3.8, 4) is 0 Å². The number of fused-ring (bicyclic) bond motifs is 1. The minimum absolute atomic E-state index is 0.751. The van der Waals surface area contributed by atoms with Gasteiger partial charge in [-0.15, -0.1) is 6.58 Å². The lowest BCUT2D eigenvalue weighted by Gasteiger charge is -1.90. The van der Waals surface area contributed by atoms with Crippen LogP contribution in [-0.4, -0.2) is 15.7 Å².